The van der Waals surface area contributed by atoms with Crippen LogP contribution in [-0.4, -0.2) is 15.7 Å². The molecule has 0 rings (SSSR count). The van der Waals surface area contributed by atoms with Crippen LogP contribution in [0.25, 0.3) is 0 Å². The highest BCUT2D eigenvalue weighted by Crippen LogP contribution is 2.49. The van der Waals surface area contributed by atoms with Gasteiger partial charge >= 0.3 is 0 Å². The highest BCUT2D eigenvalue weighted by molar-refractivity contribution is 6.40. The van der Waals surface area contributed by atoms with Crippen molar-refractivity contribution in [3.8, 4) is 0 Å². The summed E-state index contributed by atoms with van der Waals surface area (Å²) in [6.45, 7) is 15.6. The summed E-state index contributed by atoms with van der Waals surface area (Å²) in [6.07, 6.45) is 4.48. The topological polar surface area (TPSA) is 0 Å². The summed E-state index contributed by atoms with van der Waals surface area (Å²) in [7, 11) is 4.81. The Morgan fingerprint density at radius 3 is 2.00 bits per heavy atom. The molecular formula is C13H28B2. The Bertz CT molecular complexity index is 201. The zero-order valence-corrected chi connectivity index (χ0v) is 11.9. The van der Waals surface area contributed by atoms with Gasteiger partial charge in [0.15, 0.2) is 0 Å². The zero-order valence-electron chi connectivity index (χ0n) is 11.9. The summed E-state index contributed by atoms with van der Waals surface area (Å²) in [5, 5.41) is 0.372. The molecule has 0 aliphatic rings. The highest BCUT2D eigenvalue weighted by atomic mass is 14.4. The molecule has 0 spiro atoms. The van der Waals surface area contributed by atoms with Gasteiger partial charge in [0.1, 0.15) is 15.7 Å². The molecule has 86 valence electrons. The van der Waals surface area contributed by atoms with Gasteiger partial charge in [-0.05, 0) is 23.7 Å². The van der Waals surface area contributed by atoms with Gasteiger partial charge < -0.3 is 0 Å². The molecule has 2 heteroatoms. The smallest absolute Gasteiger partial charge is 0.100 e. The van der Waals surface area contributed by atoms with Crippen molar-refractivity contribution in [3.63, 3.8) is 0 Å². The third-order valence-electron chi connectivity index (χ3n) is 4.77. The molecule has 0 bridgehead atoms. The van der Waals surface area contributed by atoms with Crippen LogP contribution < -0.4 is 0 Å². The molecule has 2 unspecified atom stereocenters. The predicted molar refractivity (Wildman–Crippen MR) is 77.0 cm³/mol. The average Bonchev–Trinajstić information content (AvgIpc) is 2.11. The standard InChI is InChI=1S/C13H28B2/c1-7-9-11(8-2)10(3)13(14,15)12(4,5)6/h7,10-11H,1,8-9,14-15H2,2-6H3. The van der Waals surface area contributed by atoms with E-state index in [1.54, 1.807) is 0 Å². The molecule has 0 aliphatic carbocycles. The number of hydrogen-bond donors (Lipinski definition) is 0. The summed E-state index contributed by atoms with van der Waals surface area (Å²) >= 11 is 0. The second-order valence-corrected chi connectivity index (χ2v) is 6.45. The Kier molecular flexibility index (Phi) is 5.23. The van der Waals surface area contributed by atoms with Crippen molar-refractivity contribution < 1.29 is 0 Å². The number of allylic oxidation sites excluding steroid dienone is 1. The van der Waals surface area contributed by atoms with Crippen LogP contribution in [0.2, 0.25) is 5.21 Å². The molecule has 2 atom stereocenters. The van der Waals surface area contributed by atoms with Crippen LogP contribution in [-0.2, 0) is 0 Å². The predicted octanol–water partition coefficient (Wildman–Crippen LogP) is 2.65. The van der Waals surface area contributed by atoms with E-state index in [9.17, 15) is 0 Å². The molecule has 15 heavy (non-hydrogen) atoms. The molecule has 0 heterocycles. The van der Waals surface area contributed by atoms with E-state index >= 15 is 0 Å². The van der Waals surface area contributed by atoms with E-state index in [1.165, 1.54) is 6.42 Å². The van der Waals surface area contributed by atoms with Gasteiger partial charge in [-0.15, -0.1) is 6.58 Å². The maximum atomic E-state index is 3.88. The Balaban J connectivity index is 4.79. The molecule has 0 aromatic carbocycles. The molecule has 0 radical (unpaired) electrons. The fraction of sp³-hybridized carbons (Fsp3) is 0.846. The maximum absolute atomic E-state index is 3.88. The van der Waals surface area contributed by atoms with Gasteiger partial charge in [-0.2, -0.15) is 0 Å². The van der Waals surface area contributed by atoms with Crippen LogP contribution >= 0.6 is 0 Å². The fourth-order valence-electron chi connectivity index (χ4n) is 2.21. The summed E-state index contributed by atoms with van der Waals surface area (Å²) in [5.74, 6) is 1.51. The molecule has 0 saturated carbocycles. The van der Waals surface area contributed by atoms with Crippen molar-refractivity contribution in [2.45, 2.75) is 52.7 Å². The fourth-order valence-corrected chi connectivity index (χ4v) is 2.21. The first kappa shape index (κ1) is 14.9. The van der Waals surface area contributed by atoms with Gasteiger partial charge in [0.25, 0.3) is 0 Å². The van der Waals surface area contributed by atoms with Gasteiger partial charge in [-0.25, -0.2) is 0 Å². The minimum absolute atomic E-state index is 0.362. The summed E-state index contributed by atoms with van der Waals surface area (Å²) in [6, 6.07) is 0. The molecule has 0 amide bonds. The van der Waals surface area contributed by atoms with Gasteiger partial charge in [0, 0.05) is 0 Å². The Hall–Kier alpha value is -0.130. The zero-order chi connectivity index (χ0) is 12.3. The van der Waals surface area contributed by atoms with Crippen molar-refractivity contribution in [2.24, 2.45) is 17.3 Å². The van der Waals surface area contributed by atoms with Crippen molar-refractivity contribution >= 4 is 15.7 Å². The monoisotopic (exact) mass is 206 g/mol. The summed E-state index contributed by atoms with van der Waals surface area (Å²) in [4.78, 5) is 0. The molecule has 0 aromatic rings. The van der Waals surface area contributed by atoms with E-state index < -0.39 is 0 Å². The molecular weight excluding hydrogens is 178 g/mol. The van der Waals surface area contributed by atoms with Crippen LogP contribution in [0, 0.1) is 17.3 Å². The van der Waals surface area contributed by atoms with Crippen molar-refractivity contribution in [1.29, 1.82) is 0 Å². The van der Waals surface area contributed by atoms with E-state index in [0.29, 0.717) is 10.6 Å². The average molecular weight is 206 g/mol. The summed E-state index contributed by atoms with van der Waals surface area (Å²) < 4.78 is 0. The Morgan fingerprint density at radius 1 is 1.27 bits per heavy atom. The first-order valence-electron chi connectivity index (χ1n) is 6.29. The van der Waals surface area contributed by atoms with E-state index in [1.807, 2.05) is 0 Å². The lowest BCUT2D eigenvalue weighted by atomic mass is 9.37. The molecule has 0 aliphatic heterocycles. The van der Waals surface area contributed by atoms with Gasteiger partial charge in [-0.3, -0.25) is 0 Å². The molecule has 0 nitrogen and oxygen atoms in total. The maximum Gasteiger partial charge on any atom is 0.100 e. The second kappa shape index (κ2) is 5.27. The SMILES string of the molecule is BC(B)(C(C)C(CC)CC=C)C(C)(C)C. The van der Waals surface area contributed by atoms with E-state index in [-0.39, 0.29) is 0 Å². The van der Waals surface area contributed by atoms with Crippen molar-refractivity contribution in [3.05, 3.63) is 12.7 Å². The lowest BCUT2D eigenvalue weighted by molar-refractivity contribution is 0.205. The lowest BCUT2D eigenvalue weighted by Gasteiger charge is -2.47. The normalized spacial score (nSPS) is 17.1. The number of hydrogen-bond acceptors (Lipinski definition) is 0. The van der Waals surface area contributed by atoms with Gasteiger partial charge in [0.05, 0.1) is 0 Å². The minimum Gasteiger partial charge on any atom is -0.103 e. The molecule has 0 fully saturated rings. The Labute approximate surface area is 98.7 Å². The van der Waals surface area contributed by atoms with Crippen LogP contribution in [0.15, 0.2) is 12.7 Å². The van der Waals surface area contributed by atoms with E-state index in [4.69, 9.17) is 0 Å². The van der Waals surface area contributed by atoms with E-state index in [0.717, 1.165) is 18.3 Å². The van der Waals surface area contributed by atoms with Crippen LogP contribution in [0.4, 0.5) is 0 Å². The third-order valence-corrected chi connectivity index (χ3v) is 4.77. The molecule has 0 aromatic heterocycles. The highest BCUT2D eigenvalue weighted by Gasteiger charge is 2.39. The quantitative estimate of drug-likeness (QED) is 0.479. The lowest BCUT2D eigenvalue weighted by Crippen LogP contribution is -2.38. The largest absolute Gasteiger partial charge is 0.103 e. The third kappa shape index (κ3) is 3.43. The van der Waals surface area contributed by atoms with Crippen molar-refractivity contribution in [2.75, 3.05) is 0 Å². The van der Waals surface area contributed by atoms with Crippen LogP contribution in [0.5, 0.6) is 0 Å². The Morgan fingerprint density at radius 2 is 1.73 bits per heavy atom. The van der Waals surface area contributed by atoms with Crippen LogP contribution in [0.3, 0.4) is 0 Å². The van der Waals surface area contributed by atoms with Crippen LogP contribution in [0.1, 0.15) is 47.5 Å². The molecule has 0 N–H and O–H groups in total. The minimum atomic E-state index is 0.362. The van der Waals surface area contributed by atoms with Crippen molar-refractivity contribution in [1.82, 2.24) is 0 Å². The number of rotatable bonds is 5. The second-order valence-electron chi connectivity index (χ2n) is 6.45. The molecule has 0 saturated heterocycles. The first-order chi connectivity index (χ1) is 6.68. The van der Waals surface area contributed by atoms with E-state index in [2.05, 4.69) is 63.0 Å². The summed E-state index contributed by atoms with van der Waals surface area (Å²) in [5.41, 5.74) is 0.362. The van der Waals surface area contributed by atoms with Gasteiger partial charge in [-0.1, -0.05) is 52.3 Å². The van der Waals surface area contributed by atoms with Gasteiger partial charge in [0.2, 0.25) is 0 Å². The first-order valence-corrected chi connectivity index (χ1v) is 6.29.